The van der Waals surface area contributed by atoms with Gasteiger partial charge in [0, 0.05) is 19.1 Å². The summed E-state index contributed by atoms with van der Waals surface area (Å²) >= 11 is 0. The van der Waals surface area contributed by atoms with Crippen LogP contribution in [-0.4, -0.2) is 51.8 Å². The van der Waals surface area contributed by atoms with Gasteiger partial charge < -0.3 is 22.2 Å². The second-order valence-corrected chi connectivity index (χ2v) is 25.8. The lowest BCUT2D eigenvalue weighted by atomic mass is 10.5. The van der Waals surface area contributed by atoms with Gasteiger partial charge in [-0.2, -0.15) is 0 Å². The highest BCUT2D eigenvalue weighted by atomic mass is 28.5. The van der Waals surface area contributed by atoms with Crippen LogP contribution < -0.4 is 0 Å². The molecule has 5 nitrogen and oxygen atoms in total. The maximum Gasteiger partial charge on any atom is 0.469 e. The summed E-state index contributed by atoms with van der Waals surface area (Å²) in [5, 5.41) is 9.97. The van der Waals surface area contributed by atoms with Gasteiger partial charge in [0.05, 0.1) is 0 Å². The molecule has 140 valence electrons. The van der Waals surface area contributed by atoms with E-state index in [2.05, 4.69) is 58.9 Å². The second kappa shape index (κ2) is 8.85. The van der Waals surface area contributed by atoms with Crippen molar-refractivity contribution in [2.75, 3.05) is 6.61 Å². The molecular weight excluding hydrogens is 360 g/mol. The number of rotatable bonds is 11. The highest BCUT2D eigenvalue weighted by Gasteiger charge is 2.49. The van der Waals surface area contributed by atoms with Crippen molar-refractivity contribution >= 4 is 33.8 Å². The van der Waals surface area contributed by atoms with E-state index in [4.69, 9.17) is 17.1 Å². The van der Waals surface area contributed by atoms with Crippen molar-refractivity contribution in [3.63, 3.8) is 0 Å². The summed E-state index contributed by atoms with van der Waals surface area (Å²) in [6.45, 7) is 21.8. The van der Waals surface area contributed by atoms with E-state index < -0.39 is 40.0 Å². The molecule has 0 fully saturated rings. The number of hydrogen-bond acceptors (Lipinski definition) is 5. The Morgan fingerprint density at radius 3 is 1.35 bits per heavy atom. The Hall–Kier alpha value is 0.668. The van der Waals surface area contributed by atoms with Gasteiger partial charge in [-0.25, -0.2) is 0 Å². The van der Waals surface area contributed by atoms with Crippen LogP contribution in [0, 0.1) is 0 Å². The largest absolute Gasteiger partial charge is 0.469 e. The van der Waals surface area contributed by atoms with E-state index in [1.165, 1.54) is 0 Å². The molecule has 0 aromatic carbocycles. The normalized spacial score (nSPS) is 15.8. The van der Waals surface area contributed by atoms with Crippen LogP contribution in [0.25, 0.3) is 0 Å². The molecular formula is C14H38O5Si4. The summed E-state index contributed by atoms with van der Waals surface area (Å²) in [4.78, 5) is 0. The minimum atomic E-state index is -2.85. The molecule has 0 aromatic rings. The Bertz CT molecular complexity index is 306. The van der Waals surface area contributed by atoms with Crippen LogP contribution in [0.4, 0.5) is 0 Å². The fourth-order valence-corrected chi connectivity index (χ4v) is 16.8. The fourth-order valence-electron chi connectivity index (χ4n) is 2.19. The van der Waals surface area contributed by atoms with E-state index >= 15 is 0 Å². The summed E-state index contributed by atoms with van der Waals surface area (Å²) in [7, 11) is -8.40. The molecule has 0 amide bonds. The Balaban J connectivity index is 5.44. The molecule has 0 radical (unpaired) electrons. The zero-order valence-corrected chi connectivity index (χ0v) is 20.8. The Labute approximate surface area is 147 Å². The third-order valence-electron chi connectivity index (χ3n) is 2.44. The van der Waals surface area contributed by atoms with Gasteiger partial charge in [-0.3, -0.25) is 0 Å². The lowest BCUT2D eigenvalue weighted by Crippen LogP contribution is -2.60. The molecule has 1 unspecified atom stereocenters. The molecule has 23 heavy (non-hydrogen) atoms. The zero-order valence-electron chi connectivity index (χ0n) is 16.8. The van der Waals surface area contributed by atoms with Gasteiger partial charge in [0.25, 0.3) is 0 Å². The summed E-state index contributed by atoms with van der Waals surface area (Å²) in [6.07, 6.45) is -0.299. The first kappa shape index (κ1) is 23.7. The minimum Gasteiger partial charge on any atom is -0.417 e. The molecule has 0 aromatic heterocycles. The van der Waals surface area contributed by atoms with Crippen molar-refractivity contribution in [2.45, 2.75) is 84.6 Å². The fraction of sp³-hybridized carbons (Fsp3) is 1.00. The summed E-state index contributed by atoms with van der Waals surface area (Å²) in [6, 6.07) is 0.604. The molecule has 0 spiro atoms. The zero-order chi connectivity index (χ0) is 18.5. The Morgan fingerprint density at radius 2 is 1.09 bits per heavy atom. The van der Waals surface area contributed by atoms with E-state index in [0.717, 1.165) is 0 Å². The average Bonchev–Trinajstić information content (AvgIpc) is 2.19. The molecule has 1 atom stereocenters. The molecule has 0 heterocycles. The summed E-state index contributed by atoms with van der Waals surface area (Å²) in [5.74, 6) is 0. The van der Waals surface area contributed by atoms with Crippen molar-refractivity contribution in [2.24, 2.45) is 0 Å². The highest BCUT2D eigenvalue weighted by Crippen LogP contribution is 2.30. The molecule has 0 saturated heterocycles. The van der Waals surface area contributed by atoms with Gasteiger partial charge in [-0.15, -0.1) is 0 Å². The van der Waals surface area contributed by atoms with Gasteiger partial charge in [-0.1, -0.05) is 0 Å². The molecule has 0 aliphatic heterocycles. The van der Waals surface area contributed by atoms with Crippen LogP contribution in [0.15, 0.2) is 0 Å². The SMILES string of the molecule is CCOC(O)CC[Si](O[Si](C)(C)C)(O[Si](C)(C)C)O[Si](C)(C)C. The topological polar surface area (TPSA) is 57.2 Å². The van der Waals surface area contributed by atoms with Crippen molar-refractivity contribution in [1.29, 1.82) is 0 Å². The summed E-state index contributed by atoms with van der Waals surface area (Å²) < 4.78 is 24.9. The maximum atomic E-state index is 9.97. The van der Waals surface area contributed by atoms with E-state index in [1.807, 2.05) is 6.92 Å². The quantitative estimate of drug-likeness (QED) is 0.417. The predicted molar refractivity (Wildman–Crippen MR) is 106 cm³/mol. The third kappa shape index (κ3) is 12.6. The average molecular weight is 399 g/mol. The molecule has 0 rings (SSSR count). The highest BCUT2D eigenvalue weighted by molar-refractivity contribution is 6.90. The molecule has 0 bridgehead atoms. The van der Waals surface area contributed by atoms with Crippen molar-refractivity contribution < 1.29 is 22.2 Å². The van der Waals surface area contributed by atoms with Crippen molar-refractivity contribution in [1.82, 2.24) is 0 Å². The van der Waals surface area contributed by atoms with Gasteiger partial charge >= 0.3 is 8.80 Å². The van der Waals surface area contributed by atoms with Crippen LogP contribution in [0.2, 0.25) is 65.0 Å². The standard InChI is InChI=1S/C14H38O5Si4/c1-11-16-14(15)12-13-23(17-20(2,3)4,18-21(5,6)7)19-22(8,9)10/h14-15H,11-13H2,1-10H3. The monoisotopic (exact) mass is 398 g/mol. The number of hydrogen-bond donors (Lipinski definition) is 1. The van der Waals surface area contributed by atoms with E-state index in [0.29, 0.717) is 19.1 Å². The molecule has 0 aliphatic carbocycles. The predicted octanol–water partition coefficient (Wildman–Crippen LogP) is 4.22. The first-order valence-corrected chi connectivity index (χ1v) is 20.6. The van der Waals surface area contributed by atoms with Gasteiger partial charge in [0.1, 0.15) is 0 Å². The molecule has 1 N–H and O–H groups in total. The number of ether oxygens (including phenoxy) is 1. The lowest BCUT2D eigenvalue weighted by Gasteiger charge is -2.43. The number of aliphatic hydroxyl groups is 1. The second-order valence-electron chi connectivity index (χ2n) is 8.77. The van der Waals surface area contributed by atoms with E-state index in [1.54, 1.807) is 0 Å². The van der Waals surface area contributed by atoms with Crippen LogP contribution in [0.3, 0.4) is 0 Å². The molecule has 9 heteroatoms. The molecule has 0 saturated carbocycles. The van der Waals surface area contributed by atoms with Crippen LogP contribution in [0.1, 0.15) is 13.3 Å². The third-order valence-corrected chi connectivity index (χ3v) is 14.4. The number of aliphatic hydroxyl groups excluding tert-OH is 1. The van der Waals surface area contributed by atoms with Crippen LogP contribution in [-0.2, 0) is 17.1 Å². The maximum absolute atomic E-state index is 9.97. The van der Waals surface area contributed by atoms with Crippen LogP contribution in [0.5, 0.6) is 0 Å². The Kier molecular flexibility index (Phi) is 9.11. The van der Waals surface area contributed by atoms with E-state index in [9.17, 15) is 5.11 Å². The van der Waals surface area contributed by atoms with Crippen molar-refractivity contribution in [3.05, 3.63) is 0 Å². The van der Waals surface area contributed by atoms with Crippen LogP contribution >= 0.6 is 0 Å². The lowest BCUT2D eigenvalue weighted by molar-refractivity contribution is -0.0967. The Morgan fingerprint density at radius 1 is 0.739 bits per heavy atom. The van der Waals surface area contributed by atoms with E-state index in [-0.39, 0.29) is 0 Å². The minimum absolute atomic E-state index is 0.486. The first-order chi connectivity index (χ1) is 10.1. The smallest absolute Gasteiger partial charge is 0.417 e. The van der Waals surface area contributed by atoms with Gasteiger partial charge in [0.2, 0.25) is 0 Å². The van der Waals surface area contributed by atoms with Gasteiger partial charge in [-0.05, 0) is 65.8 Å². The van der Waals surface area contributed by atoms with Crippen molar-refractivity contribution in [3.8, 4) is 0 Å². The molecule has 0 aliphatic rings. The summed E-state index contributed by atoms with van der Waals surface area (Å²) in [5.41, 5.74) is 0. The van der Waals surface area contributed by atoms with Gasteiger partial charge in [0.15, 0.2) is 31.2 Å². The first-order valence-electron chi connectivity index (χ1n) is 8.48.